The number of hydrogen-bond donors (Lipinski definition) is 1. The van der Waals surface area contributed by atoms with Crippen LogP contribution in [0.15, 0.2) is 17.2 Å². The lowest BCUT2D eigenvalue weighted by Crippen LogP contribution is -1.99. The Morgan fingerprint density at radius 3 is 2.86 bits per heavy atom. The summed E-state index contributed by atoms with van der Waals surface area (Å²) in [7, 11) is 0. The highest BCUT2D eigenvalue weighted by atomic mass is 32.2. The molecule has 0 atom stereocenters. The van der Waals surface area contributed by atoms with Gasteiger partial charge >= 0.3 is 0 Å². The average molecular weight is 212 g/mol. The summed E-state index contributed by atoms with van der Waals surface area (Å²) in [6.45, 7) is 4.67. The smallest absolute Gasteiger partial charge is 0.238 e. The van der Waals surface area contributed by atoms with Gasteiger partial charge in [0, 0.05) is 0 Å². The highest BCUT2D eigenvalue weighted by Crippen LogP contribution is 2.24. The molecule has 0 spiro atoms. The van der Waals surface area contributed by atoms with Crippen molar-refractivity contribution in [3.8, 4) is 5.88 Å². The molecule has 14 heavy (non-hydrogen) atoms. The quantitative estimate of drug-likeness (QED) is 0.762. The molecule has 0 saturated carbocycles. The Morgan fingerprint density at radius 1 is 1.43 bits per heavy atom. The van der Waals surface area contributed by atoms with Crippen molar-refractivity contribution in [2.24, 2.45) is 0 Å². The largest absolute Gasteiger partial charge is 0.476 e. The van der Waals surface area contributed by atoms with E-state index in [2.05, 4.69) is 11.9 Å². The van der Waals surface area contributed by atoms with Crippen molar-refractivity contribution in [1.82, 2.24) is 4.98 Å². The van der Waals surface area contributed by atoms with Crippen LogP contribution < -0.4 is 10.5 Å². The van der Waals surface area contributed by atoms with Crippen LogP contribution in [0, 0.1) is 0 Å². The number of hydrogen-bond acceptors (Lipinski definition) is 4. The third-order valence-corrected chi connectivity index (χ3v) is 2.73. The summed E-state index contributed by atoms with van der Waals surface area (Å²) in [6, 6.07) is 3.77. The Hall–Kier alpha value is -0.900. The van der Waals surface area contributed by atoms with Gasteiger partial charge in [0.25, 0.3) is 0 Å². The molecule has 2 N–H and O–H groups in total. The van der Waals surface area contributed by atoms with Gasteiger partial charge in [-0.05, 0) is 31.2 Å². The van der Waals surface area contributed by atoms with E-state index in [0.29, 0.717) is 18.2 Å². The fourth-order valence-corrected chi connectivity index (χ4v) is 1.70. The minimum absolute atomic E-state index is 0.550. The highest BCUT2D eigenvalue weighted by Gasteiger charge is 2.03. The van der Waals surface area contributed by atoms with Crippen LogP contribution in [-0.4, -0.2) is 17.3 Å². The second-order valence-electron chi connectivity index (χ2n) is 2.83. The summed E-state index contributed by atoms with van der Waals surface area (Å²) < 4.78 is 5.31. The first-order valence-electron chi connectivity index (χ1n) is 4.80. The van der Waals surface area contributed by atoms with Crippen LogP contribution in [-0.2, 0) is 0 Å². The van der Waals surface area contributed by atoms with Crippen molar-refractivity contribution < 1.29 is 4.74 Å². The first-order chi connectivity index (χ1) is 6.77. The van der Waals surface area contributed by atoms with Gasteiger partial charge in [0.2, 0.25) is 5.88 Å². The molecule has 0 radical (unpaired) electrons. The topological polar surface area (TPSA) is 48.1 Å². The molecule has 3 nitrogen and oxygen atoms in total. The first-order valence-corrected chi connectivity index (χ1v) is 5.78. The van der Waals surface area contributed by atoms with Crippen LogP contribution in [0.5, 0.6) is 5.88 Å². The van der Waals surface area contributed by atoms with E-state index in [4.69, 9.17) is 10.5 Å². The molecule has 1 rings (SSSR count). The maximum atomic E-state index is 5.71. The number of nitrogens with zero attached hydrogens (tertiary/aromatic N) is 1. The van der Waals surface area contributed by atoms with E-state index in [1.54, 1.807) is 11.8 Å². The SMILES string of the molecule is CCCSc1ccc(N)c(OCC)n1. The molecule has 0 aliphatic heterocycles. The molecule has 4 heteroatoms. The first kappa shape index (κ1) is 11.2. The minimum Gasteiger partial charge on any atom is -0.476 e. The number of pyridine rings is 1. The number of anilines is 1. The molecule has 0 aromatic carbocycles. The van der Waals surface area contributed by atoms with E-state index in [1.807, 2.05) is 19.1 Å². The molecule has 0 bridgehead atoms. The third-order valence-electron chi connectivity index (χ3n) is 1.60. The summed E-state index contributed by atoms with van der Waals surface area (Å²) in [5.74, 6) is 1.62. The summed E-state index contributed by atoms with van der Waals surface area (Å²) >= 11 is 1.72. The van der Waals surface area contributed by atoms with Gasteiger partial charge < -0.3 is 10.5 Å². The van der Waals surface area contributed by atoms with Crippen LogP contribution >= 0.6 is 11.8 Å². The Morgan fingerprint density at radius 2 is 2.21 bits per heavy atom. The molecule has 0 aliphatic rings. The lowest BCUT2D eigenvalue weighted by atomic mass is 10.4. The number of nitrogens with two attached hydrogens (primary N) is 1. The molecule has 0 amide bonds. The average Bonchev–Trinajstić information content (AvgIpc) is 2.19. The molecular formula is C10H16N2OS. The number of aromatic nitrogens is 1. The lowest BCUT2D eigenvalue weighted by molar-refractivity contribution is 0.326. The molecule has 0 unspecified atom stereocenters. The van der Waals surface area contributed by atoms with Crippen LogP contribution in [0.1, 0.15) is 20.3 Å². The predicted octanol–water partition coefficient (Wildman–Crippen LogP) is 2.56. The molecule has 1 heterocycles. The number of ether oxygens (including phenoxy) is 1. The maximum absolute atomic E-state index is 5.71. The van der Waals surface area contributed by atoms with Crippen LogP contribution in [0.3, 0.4) is 0 Å². The zero-order valence-electron chi connectivity index (χ0n) is 8.62. The van der Waals surface area contributed by atoms with E-state index in [1.165, 1.54) is 0 Å². The van der Waals surface area contributed by atoms with Gasteiger partial charge in [-0.2, -0.15) is 0 Å². The van der Waals surface area contributed by atoms with Gasteiger partial charge in [-0.15, -0.1) is 11.8 Å². The summed E-state index contributed by atoms with van der Waals surface area (Å²) in [6.07, 6.45) is 1.14. The van der Waals surface area contributed by atoms with Crippen molar-refractivity contribution in [3.05, 3.63) is 12.1 Å². The maximum Gasteiger partial charge on any atom is 0.238 e. The third kappa shape index (κ3) is 3.10. The summed E-state index contributed by atoms with van der Waals surface area (Å²) in [5, 5.41) is 0.976. The van der Waals surface area contributed by atoms with Gasteiger partial charge in [-0.25, -0.2) is 4.98 Å². The Labute approximate surface area is 89.1 Å². The fraction of sp³-hybridized carbons (Fsp3) is 0.500. The number of rotatable bonds is 5. The predicted molar refractivity (Wildman–Crippen MR) is 60.8 cm³/mol. The van der Waals surface area contributed by atoms with Crippen LogP contribution in [0.2, 0.25) is 0 Å². The van der Waals surface area contributed by atoms with Gasteiger partial charge in [-0.1, -0.05) is 6.92 Å². The normalized spacial score (nSPS) is 10.1. The molecule has 0 aliphatic carbocycles. The molecule has 1 aromatic rings. The zero-order valence-corrected chi connectivity index (χ0v) is 9.43. The van der Waals surface area contributed by atoms with Crippen molar-refractivity contribution >= 4 is 17.4 Å². The number of thioether (sulfide) groups is 1. The van der Waals surface area contributed by atoms with E-state index in [-0.39, 0.29) is 0 Å². The highest BCUT2D eigenvalue weighted by molar-refractivity contribution is 7.99. The molecule has 0 fully saturated rings. The standard InChI is InChI=1S/C10H16N2OS/c1-3-7-14-9-6-5-8(11)10(12-9)13-4-2/h5-6H,3-4,7,11H2,1-2H3. The van der Waals surface area contributed by atoms with Crippen LogP contribution in [0.4, 0.5) is 5.69 Å². The summed E-state index contributed by atoms with van der Waals surface area (Å²) in [5.41, 5.74) is 6.31. The van der Waals surface area contributed by atoms with Gasteiger partial charge in [0.15, 0.2) is 0 Å². The van der Waals surface area contributed by atoms with Crippen molar-refractivity contribution in [2.75, 3.05) is 18.1 Å². The minimum atomic E-state index is 0.550. The van der Waals surface area contributed by atoms with Crippen molar-refractivity contribution in [1.29, 1.82) is 0 Å². The molecule has 0 saturated heterocycles. The van der Waals surface area contributed by atoms with E-state index in [0.717, 1.165) is 17.2 Å². The zero-order chi connectivity index (χ0) is 10.4. The number of nitrogen functional groups attached to an aromatic ring is 1. The fourth-order valence-electron chi connectivity index (χ4n) is 0.974. The second-order valence-corrected chi connectivity index (χ2v) is 3.94. The second kappa shape index (κ2) is 5.75. The Balaban J connectivity index is 2.72. The van der Waals surface area contributed by atoms with E-state index in [9.17, 15) is 0 Å². The van der Waals surface area contributed by atoms with E-state index < -0.39 is 0 Å². The van der Waals surface area contributed by atoms with Crippen molar-refractivity contribution in [2.45, 2.75) is 25.3 Å². The summed E-state index contributed by atoms with van der Waals surface area (Å²) in [4.78, 5) is 4.32. The monoisotopic (exact) mass is 212 g/mol. The Bertz CT molecular complexity index is 291. The lowest BCUT2D eigenvalue weighted by Gasteiger charge is -2.06. The van der Waals surface area contributed by atoms with E-state index >= 15 is 0 Å². The molecule has 1 aromatic heterocycles. The van der Waals surface area contributed by atoms with Gasteiger partial charge in [0.1, 0.15) is 5.03 Å². The van der Waals surface area contributed by atoms with Crippen molar-refractivity contribution in [3.63, 3.8) is 0 Å². The van der Waals surface area contributed by atoms with Crippen LogP contribution in [0.25, 0.3) is 0 Å². The van der Waals surface area contributed by atoms with Gasteiger partial charge in [0.05, 0.1) is 12.3 Å². The van der Waals surface area contributed by atoms with Gasteiger partial charge in [-0.3, -0.25) is 0 Å². The molecular weight excluding hydrogens is 196 g/mol. The Kier molecular flexibility index (Phi) is 4.59. The molecule has 78 valence electrons.